The zero-order chi connectivity index (χ0) is 21.0. The van der Waals surface area contributed by atoms with Crippen molar-refractivity contribution in [3.8, 4) is 5.75 Å². The molecule has 1 aliphatic rings. The third kappa shape index (κ3) is 4.63. The molecule has 0 atom stereocenters. The molecule has 0 spiro atoms. The molecule has 1 saturated heterocycles. The van der Waals surface area contributed by atoms with Crippen molar-refractivity contribution in [2.24, 2.45) is 0 Å². The van der Waals surface area contributed by atoms with E-state index in [2.05, 4.69) is 0 Å². The Morgan fingerprint density at radius 2 is 1.97 bits per heavy atom. The summed E-state index contributed by atoms with van der Waals surface area (Å²) in [7, 11) is -2.64. The highest BCUT2D eigenvalue weighted by atomic mass is 32.2. The lowest BCUT2D eigenvalue weighted by Crippen LogP contribution is -2.50. The van der Waals surface area contributed by atoms with Gasteiger partial charge in [-0.05, 0) is 40.6 Å². The van der Waals surface area contributed by atoms with Crippen LogP contribution in [0.15, 0.2) is 46.0 Å². The van der Waals surface area contributed by atoms with Crippen molar-refractivity contribution in [1.82, 2.24) is 9.21 Å². The maximum atomic E-state index is 12.9. The number of sulfonamides is 1. The van der Waals surface area contributed by atoms with E-state index in [9.17, 15) is 23.3 Å². The van der Waals surface area contributed by atoms with Gasteiger partial charge in [0.2, 0.25) is 15.9 Å². The quantitative estimate of drug-likeness (QED) is 0.389. The minimum Gasteiger partial charge on any atom is -0.490 e. The van der Waals surface area contributed by atoms with E-state index in [1.165, 1.54) is 41.0 Å². The Hall–Kier alpha value is -2.76. The Bertz CT molecular complexity index is 1030. The van der Waals surface area contributed by atoms with Crippen LogP contribution in [0.25, 0.3) is 6.08 Å². The van der Waals surface area contributed by atoms with Crippen LogP contribution in [0.4, 0.5) is 5.69 Å². The molecule has 0 saturated carbocycles. The average Bonchev–Trinajstić information content (AvgIpc) is 3.25. The van der Waals surface area contributed by atoms with E-state index in [1.807, 2.05) is 16.8 Å². The molecule has 0 bridgehead atoms. The summed E-state index contributed by atoms with van der Waals surface area (Å²) in [5.41, 5.74) is 0.520. The molecule has 2 heterocycles. The van der Waals surface area contributed by atoms with E-state index >= 15 is 0 Å². The van der Waals surface area contributed by atoms with Crippen molar-refractivity contribution in [2.75, 3.05) is 33.3 Å². The number of carbonyl (C=O) groups is 1. The number of carbonyl (C=O) groups excluding carboxylic acids is 1. The maximum Gasteiger partial charge on any atom is 0.312 e. The molecule has 29 heavy (non-hydrogen) atoms. The summed E-state index contributed by atoms with van der Waals surface area (Å²) in [5.74, 6) is -0.199. The summed E-state index contributed by atoms with van der Waals surface area (Å²) >= 11 is 1.53. The molecule has 0 radical (unpaired) electrons. The van der Waals surface area contributed by atoms with Crippen LogP contribution >= 0.6 is 11.3 Å². The number of piperazine rings is 1. The van der Waals surface area contributed by atoms with Crippen LogP contribution in [-0.4, -0.2) is 61.7 Å². The highest BCUT2D eigenvalue weighted by molar-refractivity contribution is 7.89. The minimum atomic E-state index is -3.92. The standard InChI is InChI=1S/C18H19N3O6S2/c1-27-17-4-3-15(12-16(17)21(23)24)29(25,26)20-9-7-19(8-10-20)18(22)5-2-14-6-11-28-13-14/h2-6,11-13H,7-10H2,1H3/b5-2+. The number of amides is 1. The number of nitro benzene ring substituents is 1. The van der Waals surface area contributed by atoms with Gasteiger partial charge >= 0.3 is 5.69 Å². The van der Waals surface area contributed by atoms with Crippen LogP contribution in [0.3, 0.4) is 0 Å². The Balaban J connectivity index is 1.69. The molecule has 0 unspecified atom stereocenters. The zero-order valence-electron chi connectivity index (χ0n) is 15.6. The van der Waals surface area contributed by atoms with Crippen molar-refractivity contribution in [3.63, 3.8) is 0 Å². The van der Waals surface area contributed by atoms with Crippen LogP contribution in [0.2, 0.25) is 0 Å². The van der Waals surface area contributed by atoms with Gasteiger partial charge < -0.3 is 9.64 Å². The van der Waals surface area contributed by atoms with Crippen LogP contribution in [0, 0.1) is 10.1 Å². The van der Waals surface area contributed by atoms with Gasteiger partial charge in [0.15, 0.2) is 5.75 Å². The average molecular weight is 437 g/mol. The van der Waals surface area contributed by atoms with E-state index in [1.54, 1.807) is 11.0 Å². The van der Waals surface area contributed by atoms with Gasteiger partial charge in [-0.3, -0.25) is 14.9 Å². The second-order valence-electron chi connectivity index (χ2n) is 6.21. The number of hydrogen-bond donors (Lipinski definition) is 0. The molecule has 1 aliphatic heterocycles. The van der Waals surface area contributed by atoms with Gasteiger partial charge in [0.25, 0.3) is 0 Å². The zero-order valence-corrected chi connectivity index (χ0v) is 17.2. The lowest BCUT2D eigenvalue weighted by molar-refractivity contribution is -0.386. The van der Waals surface area contributed by atoms with Gasteiger partial charge in [-0.1, -0.05) is 0 Å². The maximum absolute atomic E-state index is 12.9. The largest absolute Gasteiger partial charge is 0.490 e. The number of benzene rings is 1. The van der Waals surface area contributed by atoms with E-state index in [-0.39, 0.29) is 42.7 Å². The van der Waals surface area contributed by atoms with Crippen molar-refractivity contribution in [2.45, 2.75) is 4.90 Å². The van der Waals surface area contributed by atoms with Crippen LogP contribution in [0.1, 0.15) is 5.56 Å². The highest BCUT2D eigenvalue weighted by Crippen LogP contribution is 2.30. The van der Waals surface area contributed by atoms with E-state index < -0.39 is 20.6 Å². The lowest BCUT2D eigenvalue weighted by Gasteiger charge is -2.33. The first kappa shape index (κ1) is 21.0. The highest BCUT2D eigenvalue weighted by Gasteiger charge is 2.31. The summed E-state index contributed by atoms with van der Waals surface area (Å²) in [4.78, 5) is 24.2. The number of thiophene rings is 1. The van der Waals surface area contributed by atoms with Crippen molar-refractivity contribution in [1.29, 1.82) is 0 Å². The normalized spacial score (nSPS) is 15.6. The van der Waals surface area contributed by atoms with Gasteiger partial charge in [-0.25, -0.2) is 8.42 Å². The number of hydrogen-bond acceptors (Lipinski definition) is 7. The fraction of sp³-hybridized carbons (Fsp3) is 0.278. The number of nitro groups is 1. The molecule has 0 aliphatic carbocycles. The molecular weight excluding hydrogens is 418 g/mol. The molecule has 1 aromatic heterocycles. The molecule has 3 rings (SSSR count). The third-order valence-corrected chi connectivity index (χ3v) is 7.09. The summed E-state index contributed by atoms with van der Waals surface area (Å²) < 4.78 is 31.9. The topological polar surface area (TPSA) is 110 Å². The monoisotopic (exact) mass is 437 g/mol. The first-order valence-corrected chi connectivity index (χ1v) is 11.0. The van der Waals surface area contributed by atoms with Gasteiger partial charge in [-0.15, -0.1) is 0 Å². The minimum absolute atomic E-state index is 0.0122. The van der Waals surface area contributed by atoms with Crippen LogP contribution < -0.4 is 4.74 Å². The van der Waals surface area contributed by atoms with E-state index in [4.69, 9.17) is 4.74 Å². The van der Waals surface area contributed by atoms with Crippen LogP contribution in [-0.2, 0) is 14.8 Å². The lowest BCUT2D eigenvalue weighted by atomic mass is 10.3. The van der Waals surface area contributed by atoms with Crippen LogP contribution in [0.5, 0.6) is 5.75 Å². The fourth-order valence-corrected chi connectivity index (χ4v) is 4.98. The Labute approximate surface area is 172 Å². The molecule has 1 amide bonds. The van der Waals surface area contributed by atoms with Crippen molar-refractivity contribution < 1.29 is 22.9 Å². The van der Waals surface area contributed by atoms with Gasteiger partial charge in [0.05, 0.1) is 16.9 Å². The Morgan fingerprint density at radius 1 is 1.24 bits per heavy atom. The number of nitrogens with zero attached hydrogens (tertiary/aromatic N) is 3. The molecule has 2 aromatic rings. The molecule has 154 valence electrons. The SMILES string of the molecule is COc1ccc(S(=O)(=O)N2CCN(C(=O)/C=C/c3ccsc3)CC2)cc1[N+](=O)[O-]. The summed E-state index contributed by atoms with van der Waals surface area (Å²) in [6, 6.07) is 5.44. The molecule has 1 aromatic carbocycles. The van der Waals surface area contributed by atoms with Crippen molar-refractivity contribution >= 4 is 39.0 Å². The second-order valence-corrected chi connectivity index (χ2v) is 8.93. The number of methoxy groups -OCH3 is 1. The molecule has 0 N–H and O–H groups in total. The Morgan fingerprint density at radius 3 is 2.55 bits per heavy atom. The fourth-order valence-electron chi connectivity index (χ4n) is 2.91. The summed E-state index contributed by atoms with van der Waals surface area (Å²) in [5, 5.41) is 15.0. The van der Waals surface area contributed by atoms with Gasteiger partial charge in [0, 0.05) is 38.3 Å². The van der Waals surface area contributed by atoms with E-state index in [0.29, 0.717) is 0 Å². The number of ether oxygens (including phenoxy) is 1. The molecule has 9 nitrogen and oxygen atoms in total. The molecular formula is C18H19N3O6S2. The summed E-state index contributed by atoms with van der Waals surface area (Å²) in [6.45, 7) is 0.703. The second kappa shape index (κ2) is 8.72. The predicted octanol–water partition coefficient (Wildman–Crippen LogP) is 2.21. The van der Waals surface area contributed by atoms with Gasteiger partial charge in [0.1, 0.15) is 0 Å². The predicted molar refractivity (Wildman–Crippen MR) is 108 cm³/mol. The Kier molecular flexibility index (Phi) is 6.30. The van der Waals surface area contributed by atoms with Gasteiger partial charge in [-0.2, -0.15) is 15.6 Å². The van der Waals surface area contributed by atoms with E-state index in [0.717, 1.165) is 11.6 Å². The molecule has 1 fully saturated rings. The molecule has 11 heteroatoms. The first-order valence-electron chi connectivity index (χ1n) is 8.64. The third-order valence-electron chi connectivity index (χ3n) is 4.50. The smallest absolute Gasteiger partial charge is 0.312 e. The first-order chi connectivity index (χ1) is 13.8. The number of rotatable bonds is 6. The summed E-state index contributed by atoms with van der Waals surface area (Å²) in [6.07, 6.45) is 3.19. The van der Waals surface area contributed by atoms with Crippen molar-refractivity contribution in [3.05, 3.63) is 56.8 Å².